The summed E-state index contributed by atoms with van der Waals surface area (Å²) < 4.78 is 1.88. The molecular weight excluding hydrogens is 297 g/mol. The van der Waals surface area contributed by atoms with Gasteiger partial charge in [-0.15, -0.1) is 24.8 Å². The molecule has 20 heavy (non-hydrogen) atoms. The van der Waals surface area contributed by atoms with Gasteiger partial charge in [0.2, 0.25) is 0 Å². The number of nitrogens with zero attached hydrogens (tertiary/aromatic N) is 4. The van der Waals surface area contributed by atoms with E-state index in [0.29, 0.717) is 0 Å². The van der Waals surface area contributed by atoms with E-state index in [1.54, 1.807) is 12.7 Å². The van der Waals surface area contributed by atoms with Crippen LogP contribution in [-0.2, 0) is 13.1 Å². The highest BCUT2D eigenvalue weighted by molar-refractivity contribution is 5.85. The van der Waals surface area contributed by atoms with E-state index < -0.39 is 0 Å². The second-order valence-electron chi connectivity index (χ2n) is 4.45. The van der Waals surface area contributed by atoms with E-state index in [9.17, 15) is 0 Å². The van der Waals surface area contributed by atoms with Gasteiger partial charge in [0.05, 0.1) is 6.54 Å². The predicted octanol–water partition coefficient (Wildman–Crippen LogP) is 1.73. The van der Waals surface area contributed by atoms with Crippen molar-refractivity contribution < 1.29 is 0 Å². The quantitative estimate of drug-likeness (QED) is 0.937. The van der Waals surface area contributed by atoms with Crippen LogP contribution in [0.4, 0.5) is 5.69 Å². The molecule has 0 fully saturated rings. The Morgan fingerprint density at radius 3 is 2.80 bits per heavy atom. The highest BCUT2D eigenvalue weighted by Gasteiger charge is 2.13. The van der Waals surface area contributed by atoms with E-state index in [-0.39, 0.29) is 24.8 Å². The van der Waals surface area contributed by atoms with Crippen molar-refractivity contribution in [3.63, 3.8) is 0 Å². The molecule has 1 aromatic carbocycles. The van der Waals surface area contributed by atoms with Gasteiger partial charge in [0.1, 0.15) is 12.7 Å². The van der Waals surface area contributed by atoms with Crippen LogP contribution >= 0.6 is 24.8 Å². The average molecular weight is 316 g/mol. The highest BCUT2D eigenvalue weighted by atomic mass is 35.5. The summed E-state index contributed by atoms with van der Waals surface area (Å²) in [5.41, 5.74) is 2.70. The number of rotatable bonds is 3. The second kappa shape index (κ2) is 8.09. The van der Waals surface area contributed by atoms with Gasteiger partial charge >= 0.3 is 0 Å². The zero-order chi connectivity index (χ0) is 12.2. The molecule has 0 amide bonds. The van der Waals surface area contributed by atoms with Crippen molar-refractivity contribution in [3.8, 4) is 0 Å². The topological polar surface area (TPSA) is 46.0 Å². The van der Waals surface area contributed by atoms with Gasteiger partial charge in [-0.05, 0) is 11.6 Å². The number of nitrogens with one attached hydrogen (secondary N) is 1. The van der Waals surface area contributed by atoms with Crippen molar-refractivity contribution in [1.82, 2.24) is 20.1 Å². The van der Waals surface area contributed by atoms with E-state index in [1.807, 2.05) is 4.68 Å². The predicted molar refractivity (Wildman–Crippen MR) is 84.9 cm³/mol. The molecule has 0 radical (unpaired) electrons. The largest absolute Gasteiger partial charge is 0.368 e. The smallest absolute Gasteiger partial charge is 0.137 e. The minimum absolute atomic E-state index is 0. The van der Waals surface area contributed by atoms with Crippen LogP contribution in [0.25, 0.3) is 0 Å². The molecule has 3 rings (SSSR count). The Balaban J connectivity index is 0.000001000. The fourth-order valence-electron chi connectivity index (χ4n) is 2.33. The number of hydrogen-bond acceptors (Lipinski definition) is 4. The summed E-state index contributed by atoms with van der Waals surface area (Å²) in [6.07, 6.45) is 3.35. The Labute approximate surface area is 131 Å². The minimum atomic E-state index is 0. The summed E-state index contributed by atoms with van der Waals surface area (Å²) in [6, 6.07) is 8.59. The first-order valence-corrected chi connectivity index (χ1v) is 6.29. The molecule has 2 aromatic rings. The van der Waals surface area contributed by atoms with Gasteiger partial charge in [-0.25, -0.2) is 4.98 Å². The molecule has 1 aliphatic heterocycles. The maximum atomic E-state index is 4.14. The van der Waals surface area contributed by atoms with Gasteiger partial charge in [0, 0.05) is 31.9 Å². The molecule has 0 bridgehead atoms. The molecular formula is C13H19Cl2N5. The van der Waals surface area contributed by atoms with Gasteiger partial charge in [0.25, 0.3) is 0 Å². The zero-order valence-electron chi connectivity index (χ0n) is 11.1. The van der Waals surface area contributed by atoms with Crippen LogP contribution in [0.3, 0.4) is 0 Å². The van der Waals surface area contributed by atoms with Gasteiger partial charge in [0.15, 0.2) is 0 Å². The number of benzene rings is 1. The molecule has 2 heterocycles. The van der Waals surface area contributed by atoms with E-state index in [4.69, 9.17) is 0 Å². The Bertz CT molecular complexity index is 503. The Morgan fingerprint density at radius 1 is 1.15 bits per heavy atom. The molecule has 7 heteroatoms. The molecule has 0 saturated carbocycles. The molecule has 1 aliphatic rings. The lowest BCUT2D eigenvalue weighted by atomic mass is 10.1. The Kier molecular flexibility index (Phi) is 6.78. The molecule has 0 atom stereocenters. The summed E-state index contributed by atoms with van der Waals surface area (Å²) in [5.74, 6) is 0. The van der Waals surface area contributed by atoms with Crippen LogP contribution in [0.15, 0.2) is 36.9 Å². The number of halogens is 2. The third-order valence-corrected chi connectivity index (χ3v) is 3.27. The van der Waals surface area contributed by atoms with Crippen molar-refractivity contribution in [1.29, 1.82) is 0 Å². The van der Waals surface area contributed by atoms with Gasteiger partial charge < -0.3 is 10.2 Å². The Morgan fingerprint density at radius 2 is 2.00 bits per heavy atom. The molecule has 0 saturated heterocycles. The van der Waals surface area contributed by atoms with Crippen LogP contribution in [0.5, 0.6) is 0 Å². The number of anilines is 1. The molecule has 1 N–H and O–H groups in total. The number of fused-ring (bicyclic) bond motifs is 1. The van der Waals surface area contributed by atoms with Crippen molar-refractivity contribution in [2.45, 2.75) is 13.1 Å². The molecule has 1 aromatic heterocycles. The normalized spacial score (nSPS) is 13.7. The van der Waals surface area contributed by atoms with Crippen molar-refractivity contribution >= 4 is 30.5 Å². The van der Waals surface area contributed by atoms with E-state index in [0.717, 1.165) is 32.7 Å². The number of hydrogen-bond donors (Lipinski definition) is 1. The lowest BCUT2D eigenvalue weighted by molar-refractivity contribution is 0.589. The fraction of sp³-hybridized carbons (Fsp3) is 0.385. The summed E-state index contributed by atoms with van der Waals surface area (Å²) in [7, 11) is 0. The maximum Gasteiger partial charge on any atom is 0.137 e. The third kappa shape index (κ3) is 3.85. The summed E-state index contributed by atoms with van der Waals surface area (Å²) >= 11 is 0. The van der Waals surface area contributed by atoms with Crippen LogP contribution in [-0.4, -0.2) is 34.4 Å². The van der Waals surface area contributed by atoms with Crippen LogP contribution in [0, 0.1) is 0 Å². The first kappa shape index (κ1) is 16.8. The van der Waals surface area contributed by atoms with Crippen LogP contribution in [0.1, 0.15) is 5.56 Å². The average Bonchev–Trinajstić information content (AvgIpc) is 2.84. The van der Waals surface area contributed by atoms with Crippen molar-refractivity contribution in [2.24, 2.45) is 0 Å². The summed E-state index contributed by atoms with van der Waals surface area (Å²) in [4.78, 5) is 6.38. The fourth-order valence-corrected chi connectivity index (χ4v) is 2.33. The lowest BCUT2D eigenvalue weighted by Crippen LogP contribution is -2.31. The van der Waals surface area contributed by atoms with Crippen molar-refractivity contribution in [3.05, 3.63) is 42.5 Å². The Hall–Kier alpha value is -1.30. The molecule has 5 nitrogen and oxygen atoms in total. The third-order valence-electron chi connectivity index (χ3n) is 3.27. The van der Waals surface area contributed by atoms with E-state index in [2.05, 4.69) is 44.6 Å². The zero-order valence-corrected chi connectivity index (χ0v) is 12.7. The molecule has 110 valence electrons. The van der Waals surface area contributed by atoms with E-state index >= 15 is 0 Å². The minimum Gasteiger partial charge on any atom is -0.368 e. The monoisotopic (exact) mass is 315 g/mol. The van der Waals surface area contributed by atoms with Gasteiger partial charge in [-0.1, -0.05) is 18.2 Å². The second-order valence-corrected chi connectivity index (χ2v) is 4.45. The summed E-state index contributed by atoms with van der Waals surface area (Å²) in [6.45, 7) is 4.84. The number of para-hydroxylation sites is 1. The van der Waals surface area contributed by atoms with Gasteiger partial charge in [-0.3, -0.25) is 4.68 Å². The highest BCUT2D eigenvalue weighted by Crippen LogP contribution is 2.21. The standard InChI is InChI=1S/C13H17N5.2ClH/c1-2-4-13-12(3-1)9-14-5-6-17(13)7-8-18-11-15-10-16-18;;/h1-4,10-11,14H,5-9H2;2*1H. The van der Waals surface area contributed by atoms with Crippen molar-refractivity contribution in [2.75, 3.05) is 24.5 Å². The molecule has 0 spiro atoms. The maximum absolute atomic E-state index is 4.14. The lowest BCUT2D eigenvalue weighted by Gasteiger charge is -2.24. The summed E-state index contributed by atoms with van der Waals surface area (Å²) in [5, 5.41) is 7.59. The van der Waals surface area contributed by atoms with Crippen LogP contribution < -0.4 is 10.2 Å². The first-order valence-electron chi connectivity index (χ1n) is 6.29. The van der Waals surface area contributed by atoms with Gasteiger partial charge in [-0.2, -0.15) is 5.10 Å². The number of aromatic nitrogens is 3. The van der Waals surface area contributed by atoms with Crippen LogP contribution in [0.2, 0.25) is 0 Å². The first-order chi connectivity index (χ1) is 8.93. The van der Waals surface area contributed by atoms with E-state index in [1.165, 1.54) is 11.3 Å². The SMILES string of the molecule is Cl.Cl.c1ccc2c(c1)CNCCN2CCn1cncn1. The molecule has 0 unspecified atom stereocenters. The molecule has 0 aliphatic carbocycles.